The molecule has 3 aromatic rings. The van der Waals surface area contributed by atoms with Crippen molar-refractivity contribution in [3.63, 3.8) is 0 Å². The standard InChI is InChI=1S/C18H16N4O2/c1-13-3-2-4-15(9-13)23-12-17-22-16(10-19)18(24-17)21-11-14-5-7-20-8-6-14/h2-9,21H,11-12H2,1H3. The molecule has 6 heteroatoms. The highest BCUT2D eigenvalue weighted by Gasteiger charge is 2.13. The average Bonchev–Trinajstić information content (AvgIpc) is 3.01. The van der Waals surface area contributed by atoms with Gasteiger partial charge in [-0.3, -0.25) is 4.98 Å². The van der Waals surface area contributed by atoms with E-state index in [2.05, 4.69) is 15.3 Å². The molecule has 0 saturated carbocycles. The number of benzene rings is 1. The van der Waals surface area contributed by atoms with Crippen LogP contribution in [0.4, 0.5) is 5.88 Å². The molecule has 3 rings (SSSR count). The second-order valence-corrected chi connectivity index (χ2v) is 5.21. The molecule has 24 heavy (non-hydrogen) atoms. The van der Waals surface area contributed by atoms with Crippen LogP contribution in [0.1, 0.15) is 22.7 Å². The van der Waals surface area contributed by atoms with E-state index in [0.717, 1.165) is 16.9 Å². The van der Waals surface area contributed by atoms with Gasteiger partial charge in [0.1, 0.15) is 11.8 Å². The van der Waals surface area contributed by atoms with Crippen LogP contribution in [-0.4, -0.2) is 9.97 Å². The van der Waals surface area contributed by atoms with E-state index in [1.807, 2.05) is 49.4 Å². The predicted octanol–water partition coefficient (Wildman–Crippen LogP) is 3.44. The summed E-state index contributed by atoms with van der Waals surface area (Å²) >= 11 is 0. The molecule has 1 aromatic carbocycles. The number of nitrogens with one attached hydrogen (secondary N) is 1. The number of hydrogen-bond donors (Lipinski definition) is 1. The van der Waals surface area contributed by atoms with Gasteiger partial charge >= 0.3 is 0 Å². The zero-order valence-corrected chi connectivity index (χ0v) is 13.2. The summed E-state index contributed by atoms with van der Waals surface area (Å²) in [5.41, 5.74) is 2.35. The molecule has 0 aliphatic heterocycles. The van der Waals surface area contributed by atoms with Gasteiger partial charge < -0.3 is 14.5 Å². The quantitative estimate of drug-likeness (QED) is 0.749. The van der Waals surface area contributed by atoms with Crippen LogP contribution in [-0.2, 0) is 13.2 Å². The Morgan fingerprint density at radius 2 is 2.08 bits per heavy atom. The number of rotatable bonds is 6. The number of ether oxygens (including phenoxy) is 1. The predicted molar refractivity (Wildman–Crippen MR) is 88.3 cm³/mol. The SMILES string of the molecule is Cc1cccc(OCc2nc(C#N)c(NCc3ccncc3)o2)c1. The topological polar surface area (TPSA) is 84.0 Å². The molecule has 6 nitrogen and oxygen atoms in total. The molecule has 0 amide bonds. The highest BCUT2D eigenvalue weighted by Crippen LogP contribution is 2.20. The highest BCUT2D eigenvalue weighted by molar-refractivity contribution is 5.45. The third-order valence-corrected chi connectivity index (χ3v) is 3.33. The van der Waals surface area contributed by atoms with Crippen LogP contribution < -0.4 is 10.1 Å². The number of nitrogens with zero attached hydrogens (tertiary/aromatic N) is 3. The Hall–Kier alpha value is -3.33. The van der Waals surface area contributed by atoms with Gasteiger partial charge in [0, 0.05) is 18.9 Å². The van der Waals surface area contributed by atoms with Crippen LogP contribution in [0.15, 0.2) is 53.2 Å². The fraction of sp³-hybridized carbons (Fsp3) is 0.167. The van der Waals surface area contributed by atoms with Gasteiger partial charge in [0.05, 0.1) is 0 Å². The zero-order valence-electron chi connectivity index (χ0n) is 13.2. The van der Waals surface area contributed by atoms with Gasteiger partial charge in [-0.2, -0.15) is 10.2 Å². The van der Waals surface area contributed by atoms with E-state index in [4.69, 9.17) is 9.15 Å². The molecular formula is C18H16N4O2. The summed E-state index contributed by atoms with van der Waals surface area (Å²) in [6.07, 6.45) is 3.42. The van der Waals surface area contributed by atoms with E-state index in [1.165, 1.54) is 0 Å². The minimum atomic E-state index is 0.162. The summed E-state index contributed by atoms with van der Waals surface area (Å²) in [4.78, 5) is 8.12. The van der Waals surface area contributed by atoms with Crippen molar-refractivity contribution < 1.29 is 9.15 Å². The van der Waals surface area contributed by atoms with Crippen LogP contribution >= 0.6 is 0 Å². The number of hydrogen-bond acceptors (Lipinski definition) is 6. The van der Waals surface area contributed by atoms with Gasteiger partial charge in [-0.1, -0.05) is 12.1 Å². The van der Waals surface area contributed by atoms with Gasteiger partial charge in [-0.05, 0) is 42.3 Å². The third-order valence-electron chi connectivity index (χ3n) is 3.33. The van der Waals surface area contributed by atoms with Crippen LogP contribution in [0.2, 0.25) is 0 Å². The summed E-state index contributed by atoms with van der Waals surface area (Å²) in [7, 11) is 0. The molecular weight excluding hydrogens is 304 g/mol. The number of aromatic nitrogens is 2. The van der Waals surface area contributed by atoms with Crippen molar-refractivity contribution >= 4 is 5.88 Å². The van der Waals surface area contributed by atoms with Crippen molar-refractivity contribution in [2.24, 2.45) is 0 Å². The van der Waals surface area contributed by atoms with Crippen LogP contribution in [0, 0.1) is 18.3 Å². The lowest BCUT2D eigenvalue weighted by molar-refractivity contribution is 0.264. The first-order chi connectivity index (χ1) is 11.7. The summed E-state index contributed by atoms with van der Waals surface area (Å²) in [6.45, 7) is 2.67. The summed E-state index contributed by atoms with van der Waals surface area (Å²) in [5, 5.41) is 12.3. The summed E-state index contributed by atoms with van der Waals surface area (Å²) < 4.78 is 11.2. The van der Waals surface area contributed by atoms with E-state index < -0.39 is 0 Å². The van der Waals surface area contributed by atoms with E-state index >= 15 is 0 Å². The minimum absolute atomic E-state index is 0.162. The molecule has 0 aliphatic carbocycles. The van der Waals surface area contributed by atoms with Crippen molar-refractivity contribution in [3.8, 4) is 11.8 Å². The molecule has 0 fully saturated rings. The molecule has 0 unspecified atom stereocenters. The number of pyridine rings is 1. The van der Waals surface area contributed by atoms with Crippen molar-refractivity contribution in [1.82, 2.24) is 9.97 Å². The first-order valence-electron chi connectivity index (χ1n) is 7.46. The van der Waals surface area contributed by atoms with Gasteiger partial charge in [-0.15, -0.1) is 0 Å². The maximum Gasteiger partial charge on any atom is 0.236 e. The average molecular weight is 320 g/mol. The van der Waals surface area contributed by atoms with Crippen LogP contribution in [0.5, 0.6) is 5.75 Å². The van der Waals surface area contributed by atoms with Crippen molar-refractivity contribution in [3.05, 3.63) is 71.5 Å². The summed E-state index contributed by atoms with van der Waals surface area (Å²) in [5.74, 6) is 1.43. The van der Waals surface area contributed by atoms with E-state index in [-0.39, 0.29) is 12.3 Å². The third kappa shape index (κ3) is 3.90. The largest absolute Gasteiger partial charge is 0.484 e. The first-order valence-corrected chi connectivity index (χ1v) is 7.46. The second kappa shape index (κ2) is 7.29. The van der Waals surface area contributed by atoms with Gasteiger partial charge in [0.15, 0.2) is 6.61 Å². The Bertz CT molecular complexity index is 853. The maximum absolute atomic E-state index is 9.19. The Morgan fingerprint density at radius 3 is 2.83 bits per heavy atom. The Kier molecular flexibility index (Phi) is 4.73. The van der Waals surface area contributed by atoms with Crippen molar-refractivity contribution in [2.45, 2.75) is 20.1 Å². The van der Waals surface area contributed by atoms with E-state index in [1.54, 1.807) is 12.4 Å². The van der Waals surface area contributed by atoms with Gasteiger partial charge in [0.25, 0.3) is 0 Å². The van der Waals surface area contributed by atoms with Gasteiger partial charge in [-0.25, -0.2) is 0 Å². The second-order valence-electron chi connectivity index (χ2n) is 5.21. The van der Waals surface area contributed by atoms with Crippen LogP contribution in [0.25, 0.3) is 0 Å². The number of anilines is 1. The molecule has 0 atom stereocenters. The molecule has 0 radical (unpaired) electrons. The molecule has 0 bridgehead atoms. The fourth-order valence-corrected chi connectivity index (χ4v) is 2.15. The number of oxazole rings is 1. The van der Waals surface area contributed by atoms with Crippen molar-refractivity contribution in [2.75, 3.05) is 5.32 Å². The lowest BCUT2D eigenvalue weighted by Crippen LogP contribution is -1.99. The lowest BCUT2D eigenvalue weighted by Gasteiger charge is -2.04. The van der Waals surface area contributed by atoms with Crippen LogP contribution in [0.3, 0.4) is 0 Å². The Morgan fingerprint density at radius 1 is 1.25 bits per heavy atom. The minimum Gasteiger partial charge on any atom is -0.484 e. The molecule has 2 aromatic heterocycles. The highest BCUT2D eigenvalue weighted by atomic mass is 16.5. The molecule has 120 valence electrons. The Labute approximate surface area is 139 Å². The number of nitriles is 1. The first kappa shape index (κ1) is 15.6. The normalized spacial score (nSPS) is 10.2. The lowest BCUT2D eigenvalue weighted by atomic mass is 10.2. The smallest absolute Gasteiger partial charge is 0.236 e. The monoisotopic (exact) mass is 320 g/mol. The Balaban J connectivity index is 1.65. The molecule has 0 saturated heterocycles. The maximum atomic E-state index is 9.19. The molecule has 2 heterocycles. The number of aryl methyl sites for hydroxylation is 1. The van der Waals surface area contributed by atoms with E-state index in [0.29, 0.717) is 18.3 Å². The van der Waals surface area contributed by atoms with E-state index in [9.17, 15) is 5.26 Å². The molecule has 0 spiro atoms. The molecule has 0 aliphatic rings. The molecule has 1 N–H and O–H groups in total. The summed E-state index contributed by atoms with van der Waals surface area (Å²) in [6, 6.07) is 13.5. The van der Waals surface area contributed by atoms with Crippen molar-refractivity contribution in [1.29, 1.82) is 5.26 Å². The zero-order chi connectivity index (χ0) is 16.8. The fourth-order valence-electron chi connectivity index (χ4n) is 2.15. The van der Waals surface area contributed by atoms with Gasteiger partial charge in [0.2, 0.25) is 17.5 Å².